The molecular weight excluding hydrogens is 414 g/mol. The van der Waals surface area contributed by atoms with Gasteiger partial charge < -0.3 is 20.7 Å². The van der Waals surface area contributed by atoms with E-state index in [-0.39, 0.29) is 24.2 Å². The largest absolute Gasteiger partial charge is 0.368 e. The molecule has 0 unspecified atom stereocenters. The summed E-state index contributed by atoms with van der Waals surface area (Å²) in [7, 11) is 0. The van der Waals surface area contributed by atoms with Gasteiger partial charge in [-0.05, 0) is 56.7 Å². The summed E-state index contributed by atoms with van der Waals surface area (Å²) in [5.74, 6) is 0.635. The molecule has 2 aliphatic heterocycles. The molecule has 0 saturated carbocycles. The Morgan fingerprint density at radius 1 is 1.19 bits per heavy atom. The molecule has 3 heterocycles. The average molecular weight is 444 g/mol. The fraction of sp³-hybridized carbons (Fsp3) is 0.522. The lowest BCUT2D eigenvalue weighted by Crippen LogP contribution is -2.43. The highest BCUT2D eigenvalue weighted by Crippen LogP contribution is 2.32. The number of nitrogens with two attached hydrogens (primary N) is 1. The summed E-state index contributed by atoms with van der Waals surface area (Å²) in [6, 6.07) is 8.05. The molecule has 4 rings (SSSR count). The molecule has 7 nitrogen and oxygen atoms in total. The first-order valence-corrected chi connectivity index (χ1v) is 11.4. The summed E-state index contributed by atoms with van der Waals surface area (Å²) >= 11 is 6.01. The molecule has 2 fully saturated rings. The number of rotatable bonds is 5. The molecule has 0 aliphatic carbocycles. The van der Waals surface area contributed by atoms with Crippen LogP contribution < -0.4 is 11.1 Å². The summed E-state index contributed by atoms with van der Waals surface area (Å²) in [6.45, 7) is 3.88. The molecular formula is C23H30ClN5O2. The van der Waals surface area contributed by atoms with E-state index in [9.17, 15) is 4.79 Å². The number of hydrogen-bond donors (Lipinski definition) is 2. The van der Waals surface area contributed by atoms with Gasteiger partial charge in [0.15, 0.2) is 0 Å². The maximum Gasteiger partial charge on any atom is 0.272 e. The molecule has 2 aromatic rings. The summed E-state index contributed by atoms with van der Waals surface area (Å²) in [5, 5.41) is 4.11. The molecule has 0 spiro atoms. The van der Waals surface area contributed by atoms with Crippen molar-refractivity contribution >= 4 is 23.3 Å². The van der Waals surface area contributed by atoms with Gasteiger partial charge in [0.1, 0.15) is 17.8 Å². The number of piperidine rings is 1. The van der Waals surface area contributed by atoms with Crippen molar-refractivity contribution in [2.75, 3.05) is 25.0 Å². The van der Waals surface area contributed by atoms with Crippen molar-refractivity contribution in [1.29, 1.82) is 0 Å². The maximum absolute atomic E-state index is 12.9. The Kier molecular flexibility index (Phi) is 7.05. The molecule has 31 heavy (non-hydrogen) atoms. The van der Waals surface area contributed by atoms with E-state index < -0.39 is 0 Å². The van der Waals surface area contributed by atoms with Gasteiger partial charge in [-0.3, -0.25) is 4.79 Å². The van der Waals surface area contributed by atoms with E-state index in [4.69, 9.17) is 22.1 Å². The van der Waals surface area contributed by atoms with Crippen LogP contribution in [0.5, 0.6) is 0 Å². The Morgan fingerprint density at radius 3 is 2.68 bits per heavy atom. The van der Waals surface area contributed by atoms with Crippen LogP contribution in [0.4, 0.5) is 5.82 Å². The van der Waals surface area contributed by atoms with Crippen molar-refractivity contribution < 1.29 is 9.53 Å². The lowest BCUT2D eigenvalue weighted by molar-refractivity contribution is -0.0442. The summed E-state index contributed by atoms with van der Waals surface area (Å²) in [6.07, 6.45) is 6.35. The molecule has 0 bridgehead atoms. The summed E-state index contributed by atoms with van der Waals surface area (Å²) < 4.78 is 6.32. The monoisotopic (exact) mass is 443 g/mol. The minimum Gasteiger partial charge on any atom is -0.368 e. The van der Waals surface area contributed by atoms with Gasteiger partial charge in [0, 0.05) is 36.3 Å². The van der Waals surface area contributed by atoms with Crippen molar-refractivity contribution in [1.82, 2.24) is 14.9 Å². The number of hydrogen-bond acceptors (Lipinski definition) is 6. The number of amides is 1. The van der Waals surface area contributed by atoms with Crippen molar-refractivity contribution in [3.8, 4) is 0 Å². The second-order valence-electron chi connectivity index (χ2n) is 8.44. The highest BCUT2D eigenvalue weighted by Gasteiger charge is 2.26. The molecule has 2 atom stereocenters. The standard InChI is InChI=1S/C23H30ClN5O2/c1-15-21(23(30)29-11-9-18(25)10-12-29)27-14-28-22(15)26-13-19-3-2-4-20(31-19)16-5-7-17(24)8-6-16/h5-8,14,18-20H,2-4,9-13,25H2,1H3,(H,26,27,28)/t19-,20+/m0/s1. The third-order valence-corrected chi connectivity index (χ3v) is 6.45. The van der Waals surface area contributed by atoms with Gasteiger partial charge in [0.05, 0.1) is 12.2 Å². The second-order valence-corrected chi connectivity index (χ2v) is 8.87. The lowest BCUT2D eigenvalue weighted by atomic mass is 9.98. The van der Waals surface area contributed by atoms with Crippen molar-refractivity contribution in [3.05, 3.63) is 52.4 Å². The van der Waals surface area contributed by atoms with E-state index in [2.05, 4.69) is 15.3 Å². The Balaban J connectivity index is 1.37. The van der Waals surface area contributed by atoms with Crippen LogP contribution in [-0.2, 0) is 4.74 Å². The number of carbonyl (C=O) groups is 1. The first-order valence-electron chi connectivity index (χ1n) is 11.0. The van der Waals surface area contributed by atoms with Crippen LogP contribution in [0.15, 0.2) is 30.6 Å². The van der Waals surface area contributed by atoms with Crippen LogP contribution in [0, 0.1) is 6.92 Å². The van der Waals surface area contributed by atoms with Gasteiger partial charge in [-0.25, -0.2) is 9.97 Å². The fourth-order valence-electron chi connectivity index (χ4n) is 4.28. The minimum atomic E-state index is -0.0495. The Bertz CT molecular complexity index is 899. The second kappa shape index (κ2) is 9.94. The lowest BCUT2D eigenvalue weighted by Gasteiger charge is -2.31. The van der Waals surface area contributed by atoms with E-state index in [0.29, 0.717) is 31.1 Å². The van der Waals surface area contributed by atoms with Crippen molar-refractivity contribution in [2.24, 2.45) is 5.73 Å². The van der Waals surface area contributed by atoms with Gasteiger partial charge in [-0.1, -0.05) is 23.7 Å². The van der Waals surface area contributed by atoms with Crippen LogP contribution >= 0.6 is 11.6 Å². The molecule has 3 N–H and O–H groups in total. The topological polar surface area (TPSA) is 93.4 Å². The first-order chi connectivity index (χ1) is 15.0. The Labute approximate surface area is 188 Å². The smallest absolute Gasteiger partial charge is 0.272 e. The Morgan fingerprint density at radius 2 is 1.94 bits per heavy atom. The Hall–Kier alpha value is -2.22. The van der Waals surface area contributed by atoms with E-state index in [1.807, 2.05) is 36.1 Å². The molecule has 2 aliphatic rings. The van der Waals surface area contributed by atoms with Gasteiger partial charge in [0.2, 0.25) is 0 Å². The van der Waals surface area contributed by atoms with Crippen molar-refractivity contribution in [2.45, 2.75) is 57.3 Å². The third kappa shape index (κ3) is 5.34. The van der Waals surface area contributed by atoms with E-state index in [1.54, 1.807) is 0 Å². The zero-order chi connectivity index (χ0) is 21.8. The van der Waals surface area contributed by atoms with E-state index in [0.717, 1.165) is 48.3 Å². The fourth-order valence-corrected chi connectivity index (χ4v) is 4.40. The van der Waals surface area contributed by atoms with E-state index >= 15 is 0 Å². The highest BCUT2D eigenvalue weighted by molar-refractivity contribution is 6.30. The number of likely N-dealkylation sites (tertiary alicyclic amines) is 1. The van der Waals surface area contributed by atoms with E-state index in [1.165, 1.54) is 6.33 Å². The van der Waals surface area contributed by atoms with Gasteiger partial charge >= 0.3 is 0 Å². The van der Waals surface area contributed by atoms with Gasteiger partial charge in [-0.2, -0.15) is 0 Å². The maximum atomic E-state index is 12.9. The van der Waals surface area contributed by atoms with Crippen LogP contribution in [-0.4, -0.2) is 52.6 Å². The van der Waals surface area contributed by atoms with Gasteiger partial charge in [0.25, 0.3) is 5.91 Å². The quantitative estimate of drug-likeness (QED) is 0.731. The van der Waals surface area contributed by atoms with Crippen LogP contribution in [0.25, 0.3) is 0 Å². The number of benzene rings is 1. The minimum absolute atomic E-state index is 0.0495. The molecule has 0 radical (unpaired) electrons. The zero-order valence-corrected chi connectivity index (χ0v) is 18.6. The number of anilines is 1. The number of ether oxygens (including phenoxy) is 1. The molecule has 166 valence electrons. The predicted octanol–water partition coefficient (Wildman–Crippen LogP) is 3.72. The number of aromatic nitrogens is 2. The molecule has 2 saturated heterocycles. The number of carbonyl (C=O) groups excluding carboxylic acids is 1. The third-order valence-electron chi connectivity index (χ3n) is 6.20. The number of nitrogens with zero attached hydrogens (tertiary/aromatic N) is 3. The summed E-state index contributed by atoms with van der Waals surface area (Å²) in [5.41, 5.74) is 8.34. The average Bonchev–Trinajstić information content (AvgIpc) is 2.79. The molecule has 1 aromatic heterocycles. The molecule has 1 aromatic carbocycles. The SMILES string of the molecule is Cc1c(NC[C@@H]2CCC[C@H](c3ccc(Cl)cc3)O2)ncnc1C(=O)N1CCC(N)CC1. The highest BCUT2D eigenvalue weighted by atomic mass is 35.5. The normalized spacial score (nSPS) is 22.4. The first kappa shape index (κ1) is 22.0. The van der Waals surface area contributed by atoms with Gasteiger partial charge in [-0.15, -0.1) is 0 Å². The molecule has 8 heteroatoms. The van der Waals surface area contributed by atoms with Crippen LogP contribution in [0.1, 0.15) is 59.8 Å². The zero-order valence-electron chi connectivity index (χ0n) is 17.9. The number of halogens is 1. The van der Waals surface area contributed by atoms with Crippen LogP contribution in [0.3, 0.4) is 0 Å². The summed E-state index contributed by atoms with van der Waals surface area (Å²) in [4.78, 5) is 23.4. The molecule has 1 amide bonds. The predicted molar refractivity (Wildman–Crippen MR) is 121 cm³/mol. The van der Waals surface area contributed by atoms with Crippen LogP contribution in [0.2, 0.25) is 5.02 Å². The number of nitrogens with one attached hydrogen (secondary N) is 1. The van der Waals surface area contributed by atoms with Crippen molar-refractivity contribution in [3.63, 3.8) is 0 Å².